The summed E-state index contributed by atoms with van der Waals surface area (Å²) in [7, 11) is 0. The average Bonchev–Trinajstić information content (AvgIpc) is 2.51. The van der Waals surface area contributed by atoms with E-state index in [9.17, 15) is 18.0 Å². The Labute approximate surface area is 136 Å². The number of anilines is 1. The van der Waals surface area contributed by atoms with Crippen LogP contribution in [-0.4, -0.2) is 22.6 Å². The zero-order valence-electron chi connectivity index (χ0n) is 13.1. The molecule has 0 aliphatic carbocycles. The van der Waals surface area contributed by atoms with E-state index in [2.05, 4.69) is 20.0 Å². The molecule has 0 bridgehead atoms. The van der Waals surface area contributed by atoms with Gasteiger partial charge in [-0.3, -0.25) is 4.79 Å². The molecule has 0 fully saturated rings. The predicted octanol–water partition coefficient (Wildman–Crippen LogP) is 3.92. The van der Waals surface area contributed by atoms with E-state index < -0.39 is 6.36 Å². The monoisotopic (exact) mass is 339 g/mol. The van der Waals surface area contributed by atoms with Crippen LogP contribution in [0.5, 0.6) is 5.75 Å². The molecule has 0 aliphatic heterocycles. The molecule has 0 amide bonds. The number of hydrogen-bond donors (Lipinski definition) is 1. The molecule has 0 spiro atoms. The molecule has 1 aromatic carbocycles. The van der Waals surface area contributed by atoms with Crippen LogP contribution in [-0.2, 0) is 6.54 Å². The van der Waals surface area contributed by atoms with Crippen LogP contribution in [0.3, 0.4) is 0 Å². The SMILES string of the molecule is CC(C)c1cc(CNc2cnc(C=O)cn2)cc(OC(F)(F)F)c1. The van der Waals surface area contributed by atoms with E-state index in [4.69, 9.17) is 0 Å². The van der Waals surface area contributed by atoms with Gasteiger partial charge in [-0.15, -0.1) is 13.2 Å². The number of carbonyl (C=O) groups excluding carboxylic acids is 1. The van der Waals surface area contributed by atoms with Crippen molar-refractivity contribution in [2.45, 2.75) is 32.7 Å². The van der Waals surface area contributed by atoms with Gasteiger partial charge in [0.15, 0.2) is 6.29 Å². The summed E-state index contributed by atoms with van der Waals surface area (Å²) in [6.45, 7) is 4.00. The van der Waals surface area contributed by atoms with Crippen molar-refractivity contribution in [2.24, 2.45) is 0 Å². The van der Waals surface area contributed by atoms with E-state index in [0.717, 1.165) is 5.56 Å². The minimum atomic E-state index is -4.74. The van der Waals surface area contributed by atoms with Gasteiger partial charge in [-0.2, -0.15) is 0 Å². The lowest BCUT2D eigenvalue weighted by Crippen LogP contribution is -2.17. The number of aldehydes is 1. The van der Waals surface area contributed by atoms with Gasteiger partial charge in [-0.05, 0) is 29.2 Å². The third kappa shape index (κ3) is 5.22. The fraction of sp³-hybridized carbons (Fsp3) is 0.312. The van der Waals surface area contributed by atoms with E-state index in [0.29, 0.717) is 17.7 Å². The van der Waals surface area contributed by atoms with Crippen molar-refractivity contribution in [2.75, 3.05) is 5.32 Å². The van der Waals surface area contributed by atoms with Crippen LogP contribution >= 0.6 is 0 Å². The van der Waals surface area contributed by atoms with Gasteiger partial charge >= 0.3 is 6.36 Å². The molecule has 1 heterocycles. The van der Waals surface area contributed by atoms with Gasteiger partial charge in [0.1, 0.15) is 17.3 Å². The molecule has 0 unspecified atom stereocenters. The van der Waals surface area contributed by atoms with Gasteiger partial charge in [-0.1, -0.05) is 19.9 Å². The van der Waals surface area contributed by atoms with Crippen molar-refractivity contribution in [3.05, 3.63) is 47.4 Å². The van der Waals surface area contributed by atoms with Crippen LogP contribution in [0.4, 0.5) is 19.0 Å². The van der Waals surface area contributed by atoms with Crippen molar-refractivity contribution in [3.63, 3.8) is 0 Å². The molecule has 2 aromatic rings. The second-order valence-corrected chi connectivity index (χ2v) is 5.41. The Morgan fingerprint density at radius 3 is 2.50 bits per heavy atom. The second kappa shape index (κ2) is 7.29. The Kier molecular flexibility index (Phi) is 5.38. The third-order valence-electron chi connectivity index (χ3n) is 3.16. The summed E-state index contributed by atoms with van der Waals surface area (Å²) in [6.07, 6.45) is -1.48. The predicted molar refractivity (Wildman–Crippen MR) is 82.0 cm³/mol. The van der Waals surface area contributed by atoms with E-state index in [1.165, 1.54) is 24.5 Å². The number of hydrogen-bond acceptors (Lipinski definition) is 5. The molecule has 24 heavy (non-hydrogen) atoms. The van der Waals surface area contributed by atoms with Gasteiger partial charge in [0, 0.05) is 6.54 Å². The summed E-state index contributed by atoms with van der Waals surface area (Å²) in [5.74, 6) is 0.203. The molecule has 8 heteroatoms. The maximum Gasteiger partial charge on any atom is 0.573 e. The molecular weight excluding hydrogens is 323 g/mol. The Morgan fingerprint density at radius 1 is 1.21 bits per heavy atom. The van der Waals surface area contributed by atoms with Crippen molar-refractivity contribution in [1.29, 1.82) is 0 Å². The molecule has 1 N–H and O–H groups in total. The highest BCUT2D eigenvalue weighted by atomic mass is 19.4. The number of benzene rings is 1. The van der Waals surface area contributed by atoms with Crippen molar-refractivity contribution < 1.29 is 22.7 Å². The highest BCUT2D eigenvalue weighted by Gasteiger charge is 2.31. The highest BCUT2D eigenvalue weighted by molar-refractivity contribution is 5.71. The van der Waals surface area contributed by atoms with Gasteiger partial charge in [-0.25, -0.2) is 9.97 Å². The number of ether oxygens (including phenoxy) is 1. The number of alkyl halides is 3. The van der Waals surface area contributed by atoms with Crippen LogP contribution in [0.15, 0.2) is 30.6 Å². The van der Waals surface area contributed by atoms with E-state index >= 15 is 0 Å². The quantitative estimate of drug-likeness (QED) is 0.808. The summed E-state index contributed by atoms with van der Waals surface area (Å²) in [4.78, 5) is 18.4. The maximum absolute atomic E-state index is 12.4. The molecule has 5 nitrogen and oxygen atoms in total. The molecule has 0 atom stereocenters. The molecular formula is C16H16F3N3O2. The average molecular weight is 339 g/mol. The zero-order valence-corrected chi connectivity index (χ0v) is 13.1. The van der Waals surface area contributed by atoms with Crippen molar-refractivity contribution in [3.8, 4) is 5.75 Å². The van der Waals surface area contributed by atoms with E-state index in [1.54, 1.807) is 6.07 Å². The van der Waals surface area contributed by atoms with Crippen molar-refractivity contribution in [1.82, 2.24) is 9.97 Å². The summed E-state index contributed by atoms with van der Waals surface area (Å²) in [6, 6.07) is 4.49. The number of rotatable bonds is 6. The lowest BCUT2D eigenvalue weighted by molar-refractivity contribution is -0.274. The molecule has 0 saturated heterocycles. The Hall–Kier alpha value is -2.64. The first-order valence-corrected chi connectivity index (χ1v) is 7.17. The van der Waals surface area contributed by atoms with Crippen LogP contribution in [0, 0.1) is 0 Å². The fourth-order valence-electron chi connectivity index (χ4n) is 2.00. The minimum absolute atomic E-state index is 0.0483. The first-order valence-electron chi connectivity index (χ1n) is 7.17. The van der Waals surface area contributed by atoms with E-state index in [1.807, 2.05) is 13.8 Å². The highest BCUT2D eigenvalue weighted by Crippen LogP contribution is 2.28. The van der Waals surface area contributed by atoms with Crippen LogP contribution in [0.2, 0.25) is 0 Å². The maximum atomic E-state index is 12.4. The van der Waals surface area contributed by atoms with Crippen LogP contribution in [0.1, 0.15) is 41.4 Å². The molecule has 0 radical (unpaired) electrons. The normalized spacial score (nSPS) is 11.4. The van der Waals surface area contributed by atoms with Crippen LogP contribution in [0.25, 0.3) is 0 Å². The number of nitrogens with one attached hydrogen (secondary N) is 1. The largest absolute Gasteiger partial charge is 0.573 e. The number of aromatic nitrogens is 2. The smallest absolute Gasteiger partial charge is 0.406 e. The molecule has 0 aliphatic rings. The third-order valence-corrected chi connectivity index (χ3v) is 3.16. The summed E-state index contributed by atoms with van der Waals surface area (Å²) in [5.41, 5.74) is 1.54. The van der Waals surface area contributed by atoms with E-state index in [-0.39, 0.29) is 23.9 Å². The molecule has 128 valence electrons. The molecule has 0 saturated carbocycles. The lowest BCUT2D eigenvalue weighted by atomic mass is 10.0. The lowest BCUT2D eigenvalue weighted by Gasteiger charge is -2.15. The van der Waals surface area contributed by atoms with Crippen LogP contribution < -0.4 is 10.1 Å². The number of carbonyl (C=O) groups is 1. The zero-order chi connectivity index (χ0) is 17.7. The Bertz CT molecular complexity index is 701. The number of nitrogens with zero attached hydrogens (tertiary/aromatic N) is 2. The molecule has 2 rings (SSSR count). The fourth-order valence-corrected chi connectivity index (χ4v) is 2.00. The Morgan fingerprint density at radius 2 is 1.96 bits per heavy atom. The summed E-state index contributed by atoms with van der Waals surface area (Å²) < 4.78 is 41.4. The van der Waals surface area contributed by atoms with Gasteiger partial charge in [0.25, 0.3) is 0 Å². The standard InChI is InChI=1S/C16H16F3N3O2/c1-10(2)12-3-11(4-14(5-12)24-16(17,18)19)6-21-15-8-20-13(9-23)7-22-15/h3-5,7-10H,6H2,1-2H3,(H,21,22). The first kappa shape index (κ1) is 17.7. The first-order chi connectivity index (χ1) is 11.3. The summed E-state index contributed by atoms with van der Waals surface area (Å²) in [5, 5.41) is 2.94. The Balaban J connectivity index is 2.16. The van der Waals surface area contributed by atoms with Gasteiger partial charge in [0.2, 0.25) is 0 Å². The molecule has 1 aromatic heterocycles. The van der Waals surface area contributed by atoms with Gasteiger partial charge in [0.05, 0.1) is 12.4 Å². The summed E-state index contributed by atoms with van der Waals surface area (Å²) >= 11 is 0. The minimum Gasteiger partial charge on any atom is -0.406 e. The van der Waals surface area contributed by atoms with Crippen molar-refractivity contribution >= 4 is 12.1 Å². The second-order valence-electron chi connectivity index (χ2n) is 5.41. The number of halogens is 3. The van der Waals surface area contributed by atoms with Gasteiger partial charge < -0.3 is 10.1 Å². The topological polar surface area (TPSA) is 64.1 Å².